The summed E-state index contributed by atoms with van der Waals surface area (Å²) in [6.07, 6.45) is 1.02. The second-order valence-electron chi connectivity index (χ2n) is 2.91. The van der Waals surface area contributed by atoms with Crippen LogP contribution in [0.5, 0.6) is 5.75 Å². The molecule has 1 rings (SSSR count). The summed E-state index contributed by atoms with van der Waals surface area (Å²) in [4.78, 5) is 0. The van der Waals surface area contributed by atoms with Crippen LogP contribution in [0.25, 0.3) is 0 Å². The molecule has 0 aromatic heterocycles. The highest BCUT2D eigenvalue weighted by Gasteiger charge is 1.98. The smallest absolute Gasteiger partial charge is 0.122 e. The van der Waals surface area contributed by atoms with E-state index in [0.29, 0.717) is 0 Å². The van der Waals surface area contributed by atoms with E-state index in [4.69, 9.17) is 4.74 Å². The minimum atomic E-state index is 0. The van der Waals surface area contributed by atoms with Gasteiger partial charge in [0.2, 0.25) is 0 Å². The van der Waals surface area contributed by atoms with Crippen molar-refractivity contribution in [3.05, 3.63) is 29.8 Å². The molecule has 0 aliphatic heterocycles. The molecular formula is C11H18ClNO. The number of hydrogen-bond donors (Lipinski definition) is 1. The molecule has 0 saturated heterocycles. The first-order chi connectivity index (χ1) is 6.38. The van der Waals surface area contributed by atoms with Gasteiger partial charge in [0, 0.05) is 6.54 Å². The third kappa shape index (κ3) is 3.99. The van der Waals surface area contributed by atoms with E-state index in [9.17, 15) is 0 Å². The van der Waals surface area contributed by atoms with Crippen LogP contribution in [0, 0.1) is 0 Å². The minimum absolute atomic E-state index is 0. The maximum Gasteiger partial charge on any atom is 0.122 e. The fourth-order valence-corrected chi connectivity index (χ4v) is 1.20. The van der Waals surface area contributed by atoms with Crippen molar-refractivity contribution < 1.29 is 4.74 Å². The van der Waals surface area contributed by atoms with Crippen LogP contribution >= 0.6 is 12.4 Å². The molecule has 0 amide bonds. The van der Waals surface area contributed by atoms with Gasteiger partial charge < -0.3 is 10.1 Å². The molecule has 1 N–H and O–H groups in total. The molecule has 0 saturated carbocycles. The summed E-state index contributed by atoms with van der Waals surface area (Å²) in [5, 5.41) is 3.05. The summed E-state index contributed by atoms with van der Waals surface area (Å²) >= 11 is 0. The van der Waals surface area contributed by atoms with Crippen LogP contribution in [0.4, 0.5) is 0 Å². The molecule has 14 heavy (non-hydrogen) atoms. The van der Waals surface area contributed by atoms with E-state index in [2.05, 4.69) is 18.3 Å². The third-order valence-corrected chi connectivity index (χ3v) is 1.96. The van der Waals surface area contributed by atoms with Gasteiger partial charge in [-0.3, -0.25) is 0 Å². The zero-order chi connectivity index (χ0) is 9.52. The Morgan fingerprint density at radius 2 is 2.00 bits per heavy atom. The average molecular weight is 216 g/mol. The molecular weight excluding hydrogens is 198 g/mol. The predicted molar refractivity (Wildman–Crippen MR) is 62.5 cm³/mol. The summed E-state index contributed by atoms with van der Waals surface area (Å²) in [7, 11) is 1.93. The SMILES string of the molecule is CCc1ccccc1OCCNC.Cl. The first kappa shape index (κ1) is 13.3. The largest absolute Gasteiger partial charge is 0.492 e. The number of nitrogens with one attached hydrogen (secondary N) is 1. The summed E-state index contributed by atoms with van der Waals surface area (Å²) in [5.41, 5.74) is 1.28. The van der Waals surface area contributed by atoms with Crippen LogP contribution in [-0.2, 0) is 6.42 Å². The summed E-state index contributed by atoms with van der Waals surface area (Å²) in [6, 6.07) is 8.18. The van der Waals surface area contributed by atoms with Gasteiger partial charge in [0.1, 0.15) is 12.4 Å². The number of para-hydroxylation sites is 1. The number of likely N-dealkylation sites (N-methyl/N-ethyl adjacent to an activating group) is 1. The lowest BCUT2D eigenvalue weighted by atomic mass is 10.1. The third-order valence-electron chi connectivity index (χ3n) is 1.96. The fraction of sp³-hybridized carbons (Fsp3) is 0.455. The van der Waals surface area contributed by atoms with Gasteiger partial charge in [0.25, 0.3) is 0 Å². The van der Waals surface area contributed by atoms with E-state index < -0.39 is 0 Å². The van der Waals surface area contributed by atoms with Gasteiger partial charge in [-0.1, -0.05) is 25.1 Å². The van der Waals surface area contributed by atoms with Gasteiger partial charge in [-0.15, -0.1) is 12.4 Å². The Bertz CT molecular complexity index is 253. The Morgan fingerprint density at radius 1 is 1.29 bits per heavy atom. The molecule has 0 aliphatic carbocycles. The number of halogens is 1. The van der Waals surface area contributed by atoms with Gasteiger partial charge in [-0.25, -0.2) is 0 Å². The van der Waals surface area contributed by atoms with E-state index in [1.54, 1.807) is 0 Å². The quantitative estimate of drug-likeness (QED) is 0.761. The van der Waals surface area contributed by atoms with E-state index in [1.807, 2.05) is 25.2 Å². The van der Waals surface area contributed by atoms with Crippen molar-refractivity contribution in [2.24, 2.45) is 0 Å². The average Bonchev–Trinajstić information content (AvgIpc) is 2.19. The molecule has 0 aliphatic rings. The molecule has 0 fully saturated rings. The lowest BCUT2D eigenvalue weighted by Crippen LogP contribution is -2.16. The van der Waals surface area contributed by atoms with Gasteiger partial charge in [-0.2, -0.15) is 0 Å². The molecule has 3 heteroatoms. The van der Waals surface area contributed by atoms with Crippen molar-refractivity contribution in [3.63, 3.8) is 0 Å². The summed E-state index contributed by atoms with van der Waals surface area (Å²) in [5.74, 6) is 1.01. The van der Waals surface area contributed by atoms with Gasteiger partial charge in [0.05, 0.1) is 0 Å². The molecule has 0 heterocycles. The molecule has 1 aromatic rings. The molecule has 0 unspecified atom stereocenters. The van der Waals surface area contributed by atoms with Crippen LogP contribution in [0.2, 0.25) is 0 Å². The van der Waals surface area contributed by atoms with Gasteiger partial charge in [0.15, 0.2) is 0 Å². The highest BCUT2D eigenvalue weighted by atomic mass is 35.5. The standard InChI is InChI=1S/C11H17NO.ClH/c1-3-10-6-4-5-7-11(10)13-9-8-12-2;/h4-7,12H,3,8-9H2,1-2H3;1H. The van der Waals surface area contributed by atoms with Crippen molar-refractivity contribution in [3.8, 4) is 5.75 Å². The fourth-order valence-electron chi connectivity index (χ4n) is 1.20. The second kappa shape index (κ2) is 7.65. The zero-order valence-electron chi connectivity index (χ0n) is 8.75. The van der Waals surface area contributed by atoms with E-state index in [-0.39, 0.29) is 12.4 Å². The molecule has 1 aromatic carbocycles. The normalized spacial score (nSPS) is 9.29. The summed E-state index contributed by atoms with van der Waals surface area (Å²) < 4.78 is 5.61. The number of ether oxygens (including phenoxy) is 1. The van der Waals surface area contributed by atoms with E-state index in [0.717, 1.165) is 25.3 Å². The molecule has 80 valence electrons. The number of hydrogen-bond acceptors (Lipinski definition) is 2. The predicted octanol–water partition coefficient (Wildman–Crippen LogP) is 2.27. The Labute approximate surface area is 92.1 Å². The highest BCUT2D eigenvalue weighted by Crippen LogP contribution is 2.17. The van der Waals surface area contributed by atoms with Crippen molar-refractivity contribution in [2.45, 2.75) is 13.3 Å². The maximum absolute atomic E-state index is 5.61. The molecule has 0 bridgehead atoms. The molecule has 0 spiro atoms. The van der Waals surface area contributed by atoms with E-state index in [1.165, 1.54) is 5.56 Å². The number of aryl methyl sites for hydroxylation is 1. The Hall–Kier alpha value is -0.730. The molecule has 0 atom stereocenters. The molecule has 0 radical (unpaired) electrons. The Kier molecular flexibility index (Phi) is 7.25. The highest BCUT2D eigenvalue weighted by molar-refractivity contribution is 5.85. The Morgan fingerprint density at radius 3 is 2.64 bits per heavy atom. The van der Waals surface area contributed by atoms with Crippen LogP contribution in [0.15, 0.2) is 24.3 Å². The second-order valence-corrected chi connectivity index (χ2v) is 2.91. The van der Waals surface area contributed by atoms with Gasteiger partial charge >= 0.3 is 0 Å². The number of benzene rings is 1. The van der Waals surface area contributed by atoms with Crippen LogP contribution in [-0.4, -0.2) is 20.2 Å². The van der Waals surface area contributed by atoms with Gasteiger partial charge in [-0.05, 0) is 25.1 Å². The zero-order valence-corrected chi connectivity index (χ0v) is 9.56. The molecule has 2 nitrogen and oxygen atoms in total. The Balaban J connectivity index is 0.00000169. The first-order valence-corrected chi connectivity index (χ1v) is 4.73. The maximum atomic E-state index is 5.61. The summed E-state index contributed by atoms with van der Waals surface area (Å²) in [6.45, 7) is 3.76. The van der Waals surface area contributed by atoms with E-state index >= 15 is 0 Å². The first-order valence-electron chi connectivity index (χ1n) is 4.73. The lowest BCUT2D eigenvalue weighted by Gasteiger charge is -2.09. The minimum Gasteiger partial charge on any atom is -0.492 e. The van der Waals surface area contributed by atoms with Crippen LogP contribution in [0.3, 0.4) is 0 Å². The monoisotopic (exact) mass is 215 g/mol. The topological polar surface area (TPSA) is 21.3 Å². The van der Waals surface area contributed by atoms with Crippen LogP contribution < -0.4 is 10.1 Å². The van der Waals surface area contributed by atoms with Crippen molar-refractivity contribution in [1.29, 1.82) is 0 Å². The van der Waals surface area contributed by atoms with Crippen molar-refractivity contribution >= 4 is 12.4 Å². The number of rotatable bonds is 5. The van der Waals surface area contributed by atoms with Crippen molar-refractivity contribution in [1.82, 2.24) is 5.32 Å². The van der Waals surface area contributed by atoms with Crippen molar-refractivity contribution in [2.75, 3.05) is 20.2 Å². The van der Waals surface area contributed by atoms with Crippen LogP contribution in [0.1, 0.15) is 12.5 Å². The lowest BCUT2D eigenvalue weighted by molar-refractivity contribution is 0.315.